The van der Waals surface area contributed by atoms with Gasteiger partial charge in [0.25, 0.3) is 5.91 Å². The van der Waals surface area contributed by atoms with Gasteiger partial charge in [-0.3, -0.25) is 10.1 Å². The monoisotopic (exact) mass is 454 g/mol. The van der Waals surface area contributed by atoms with Gasteiger partial charge in [0, 0.05) is 5.56 Å². The Kier molecular flexibility index (Phi) is 5.34. The average Bonchev–Trinajstić information content (AvgIpc) is 3.04. The molecule has 0 atom stereocenters. The summed E-state index contributed by atoms with van der Waals surface area (Å²) in [4.78, 5) is 23.3. The second-order valence-corrected chi connectivity index (χ2v) is 10.1. The zero-order valence-corrected chi connectivity index (χ0v) is 19.7. The van der Waals surface area contributed by atoms with E-state index in [1.54, 1.807) is 0 Å². The average molecular weight is 455 g/mol. The molecule has 33 heavy (non-hydrogen) atoms. The predicted octanol–water partition coefficient (Wildman–Crippen LogP) is 5.48. The van der Waals surface area contributed by atoms with Crippen LogP contribution < -0.4 is 15.4 Å². The van der Waals surface area contributed by atoms with Crippen molar-refractivity contribution < 1.29 is 23.1 Å². The second-order valence-electron chi connectivity index (χ2n) is 10.1. The van der Waals surface area contributed by atoms with Crippen LogP contribution in [0.3, 0.4) is 0 Å². The van der Waals surface area contributed by atoms with E-state index < -0.39 is 23.6 Å². The first kappa shape index (κ1) is 23.0. The van der Waals surface area contributed by atoms with Crippen LogP contribution in [0.5, 0.6) is 5.75 Å². The fourth-order valence-electron chi connectivity index (χ4n) is 4.80. The molecule has 3 amide bonds. The van der Waals surface area contributed by atoms with Crippen LogP contribution in [0.4, 0.5) is 13.6 Å². The molecule has 0 unspecified atom stereocenters. The molecule has 5 nitrogen and oxygen atoms in total. The molecule has 7 heteroatoms. The second kappa shape index (κ2) is 7.68. The van der Waals surface area contributed by atoms with Gasteiger partial charge in [-0.1, -0.05) is 33.8 Å². The van der Waals surface area contributed by atoms with E-state index in [0.717, 1.165) is 36.1 Å². The first-order valence-corrected chi connectivity index (χ1v) is 10.9. The number of methoxy groups -OCH3 is 1. The maximum absolute atomic E-state index is 15.9. The van der Waals surface area contributed by atoms with E-state index in [1.165, 1.54) is 12.7 Å². The van der Waals surface area contributed by atoms with E-state index in [-0.39, 0.29) is 33.4 Å². The molecular formula is C26H28F2N2O3. The van der Waals surface area contributed by atoms with Crippen LogP contribution in [-0.2, 0) is 15.6 Å². The maximum atomic E-state index is 15.9. The Morgan fingerprint density at radius 2 is 1.58 bits per heavy atom. The Labute approximate surface area is 192 Å². The summed E-state index contributed by atoms with van der Waals surface area (Å²) in [5.41, 5.74) is 3.18. The molecule has 1 aliphatic carbocycles. The number of amides is 3. The van der Waals surface area contributed by atoms with Gasteiger partial charge < -0.3 is 10.1 Å². The van der Waals surface area contributed by atoms with Crippen molar-refractivity contribution in [1.82, 2.24) is 10.6 Å². The van der Waals surface area contributed by atoms with Gasteiger partial charge in [-0.05, 0) is 71.1 Å². The highest BCUT2D eigenvalue weighted by Crippen LogP contribution is 2.49. The van der Waals surface area contributed by atoms with E-state index in [1.807, 2.05) is 13.0 Å². The predicted molar refractivity (Wildman–Crippen MR) is 123 cm³/mol. The summed E-state index contributed by atoms with van der Waals surface area (Å²) in [5, 5.41) is 4.35. The van der Waals surface area contributed by atoms with Gasteiger partial charge in [0.05, 0.1) is 12.7 Å². The Bertz CT molecular complexity index is 1230. The van der Waals surface area contributed by atoms with Crippen molar-refractivity contribution in [1.29, 1.82) is 0 Å². The van der Waals surface area contributed by atoms with Crippen LogP contribution in [0, 0.1) is 18.6 Å². The summed E-state index contributed by atoms with van der Waals surface area (Å²) in [6.07, 6.45) is 3.14. The molecule has 174 valence electrons. The number of carbonyl (C=O) groups excluding carboxylic acids is 2. The lowest BCUT2D eigenvalue weighted by Gasteiger charge is -2.42. The number of fused-ring (bicyclic) bond motifs is 1. The van der Waals surface area contributed by atoms with E-state index in [2.05, 4.69) is 44.4 Å². The van der Waals surface area contributed by atoms with Crippen molar-refractivity contribution in [3.8, 4) is 16.9 Å². The van der Waals surface area contributed by atoms with Gasteiger partial charge in [-0.25, -0.2) is 13.6 Å². The summed E-state index contributed by atoms with van der Waals surface area (Å²) in [7, 11) is 1.30. The molecular weight excluding hydrogens is 426 g/mol. The van der Waals surface area contributed by atoms with Gasteiger partial charge in [0.15, 0.2) is 11.6 Å². The van der Waals surface area contributed by atoms with Gasteiger partial charge in [0.1, 0.15) is 11.5 Å². The normalized spacial score (nSPS) is 19.8. The fraction of sp³-hybridized carbons (Fsp3) is 0.385. The fourth-order valence-corrected chi connectivity index (χ4v) is 4.80. The number of hydrogen-bond acceptors (Lipinski definition) is 3. The number of nitrogens with one attached hydrogen (secondary N) is 2. The minimum Gasteiger partial charge on any atom is -0.493 e. The van der Waals surface area contributed by atoms with E-state index in [9.17, 15) is 9.59 Å². The number of carbonyl (C=O) groups is 2. The van der Waals surface area contributed by atoms with Gasteiger partial charge in [-0.15, -0.1) is 0 Å². The van der Waals surface area contributed by atoms with Crippen molar-refractivity contribution in [2.24, 2.45) is 0 Å². The lowest BCUT2D eigenvalue weighted by atomic mass is 9.62. The number of rotatable bonds is 3. The first-order valence-electron chi connectivity index (χ1n) is 10.9. The lowest BCUT2D eigenvalue weighted by Crippen LogP contribution is -2.34. The summed E-state index contributed by atoms with van der Waals surface area (Å²) in [6.45, 7) is 10.6. The van der Waals surface area contributed by atoms with Crippen LogP contribution in [0.2, 0.25) is 0 Å². The SMILES string of the molecule is COc1c(F)cc(/C=C2/NC(=O)NC2=O)c(F)c1-c1cc2c(cc1C)C(C)(C)CCC2(C)C. The zero-order valence-electron chi connectivity index (χ0n) is 19.7. The van der Waals surface area contributed by atoms with Gasteiger partial charge in [-0.2, -0.15) is 0 Å². The summed E-state index contributed by atoms with van der Waals surface area (Å²) >= 11 is 0. The Morgan fingerprint density at radius 1 is 0.970 bits per heavy atom. The molecule has 2 aromatic carbocycles. The number of ether oxygens (including phenoxy) is 1. The lowest BCUT2D eigenvalue weighted by molar-refractivity contribution is -0.115. The smallest absolute Gasteiger partial charge is 0.326 e. The van der Waals surface area contributed by atoms with Crippen LogP contribution in [0.1, 0.15) is 62.8 Å². The van der Waals surface area contributed by atoms with Crippen molar-refractivity contribution in [2.75, 3.05) is 7.11 Å². The van der Waals surface area contributed by atoms with Crippen molar-refractivity contribution >= 4 is 18.0 Å². The van der Waals surface area contributed by atoms with Crippen molar-refractivity contribution in [3.05, 3.63) is 57.8 Å². The highest BCUT2D eigenvalue weighted by molar-refractivity contribution is 6.14. The molecule has 1 heterocycles. The van der Waals surface area contributed by atoms with Crippen LogP contribution in [0.25, 0.3) is 17.2 Å². The highest BCUT2D eigenvalue weighted by Gasteiger charge is 2.38. The molecule has 0 radical (unpaired) electrons. The standard InChI is InChI=1S/C26H28F2N2O3/c1-13-9-16-17(26(4,5)8-7-25(16,2)3)12-15(13)20-21(28)14(10-18(27)22(20)33-6)11-19-23(31)30-24(32)29-19/h9-12H,7-8H2,1-6H3,(H2,29,30,31,32)/b19-11+. The van der Waals surface area contributed by atoms with Gasteiger partial charge in [0.2, 0.25) is 0 Å². The van der Waals surface area contributed by atoms with Gasteiger partial charge >= 0.3 is 6.03 Å². The molecule has 0 bridgehead atoms. The summed E-state index contributed by atoms with van der Waals surface area (Å²) in [6, 6.07) is 4.27. The molecule has 2 aliphatic rings. The van der Waals surface area contributed by atoms with Crippen molar-refractivity contribution in [2.45, 2.75) is 58.3 Å². The number of benzene rings is 2. The van der Waals surface area contributed by atoms with E-state index in [4.69, 9.17) is 4.74 Å². The number of aryl methyl sites for hydroxylation is 1. The number of urea groups is 1. The first-order chi connectivity index (χ1) is 15.4. The third kappa shape index (κ3) is 3.79. The Morgan fingerprint density at radius 3 is 2.12 bits per heavy atom. The number of hydrogen-bond donors (Lipinski definition) is 2. The topological polar surface area (TPSA) is 67.4 Å². The molecule has 2 aromatic rings. The summed E-state index contributed by atoms with van der Waals surface area (Å²) in [5.74, 6) is -2.40. The van der Waals surface area contributed by atoms with Crippen LogP contribution in [0.15, 0.2) is 23.9 Å². The molecule has 1 fully saturated rings. The van der Waals surface area contributed by atoms with Crippen LogP contribution in [-0.4, -0.2) is 19.0 Å². The Balaban J connectivity index is 1.98. The molecule has 0 spiro atoms. The van der Waals surface area contributed by atoms with Crippen LogP contribution >= 0.6 is 0 Å². The molecule has 1 saturated heterocycles. The molecule has 0 aromatic heterocycles. The van der Waals surface area contributed by atoms with E-state index >= 15 is 8.78 Å². The minimum absolute atomic E-state index is 0.00596. The zero-order chi connectivity index (χ0) is 24.3. The van der Waals surface area contributed by atoms with E-state index in [0.29, 0.717) is 5.56 Å². The molecule has 0 saturated carbocycles. The Hall–Kier alpha value is -3.22. The third-order valence-corrected chi connectivity index (χ3v) is 6.89. The maximum Gasteiger partial charge on any atom is 0.326 e. The summed E-state index contributed by atoms with van der Waals surface area (Å²) < 4.78 is 36.2. The largest absolute Gasteiger partial charge is 0.493 e. The highest BCUT2D eigenvalue weighted by atomic mass is 19.1. The number of halogens is 2. The number of imide groups is 1. The molecule has 1 aliphatic heterocycles. The minimum atomic E-state index is -0.762. The quantitative estimate of drug-likeness (QED) is 0.477. The van der Waals surface area contributed by atoms with Crippen molar-refractivity contribution in [3.63, 3.8) is 0 Å². The third-order valence-electron chi connectivity index (χ3n) is 6.89. The molecule has 2 N–H and O–H groups in total. The molecule has 4 rings (SSSR count).